The van der Waals surface area contributed by atoms with Crippen LogP contribution in [0, 0.1) is 18.8 Å². The molecule has 1 saturated carbocycles. The summed E-state index contributed by atoms with van der Waals surface area (Å²) in [5.74, 6) is 0.321. The van der Waals surface area contributed by atoms with E-state index >= 15 is 0 Å². The summed E-state index contributed by atoms with van der Waals surface area (Å²) in [7, 11) is -3.17. The fourth-order valence-corrected chi connectivity index (χ4v) is 3.62. The molecular weight excluding hydrogens is 280 g/mol. The molecule has 0 radical (unpaired) electrons. The molecule has 1 unspecified atom stereocenters. The van der Waals surface area contributed by atoms with Crippen molar-refractivity contribution in [2.75, 3.05) is 19.3 Å². The first-order chi connectivity index (χ1) is 9.35. The molecule has 108 valence electrons. The van der Waals surface area contributed by atoms with Gasteiger partial charge in [0.25, 0.3) is 5.91 Å². The molecule has 1 N–H and O–H groups in total. The van der Waals surface area contributed by atoms with Gasteiger partial charge in [-0.2, -0.15) is 0 Å². The van der Waals surface area contributed by atoms with Gasteiger partial charge < -0.3 is 4.90 Å². The van der Waals surface area contributed by atoms with Crippen LogP contribution in [0.25, 0.3) is 0 Å². The highest BCUT2D eigenvalue weighted by Gasteiger charge is 2.57. The van der Waals surface area contributed by atoms with Crippen molar-refractivity contribution in [3.05, 3.63) is 23.8 Å². The second-order valence-electron chi connectivity index (χ2n) is 5.50. The number of hydrogen-bond acceptors (Lipinski definition) is 5. The molecule has 1 aromatic heterocycles. The maximum atomic E-state index is 12.2. The molecule has 1 saturated heterocycles. The Bertz CT molecular complexity index is 631. The van der Waals surface area contributed by atoms with Gasteiger partial charge in [0.05, 0.1) is 18.1 Å². The monoisotopic (exact) mass is 296 g/mol. The lowest BCUT2D eigenvalue weighted by Gasteiger charge is -2.19. The Morgan fingerprint density at radius 3 is 2.45 bits per heavy atom. The maximum Gasteiger partial charge on any atom is 0.274 e. The smallest absolute Gasteiger partial charge is 0.274 e. The van der Waals surface area contributed by atoms with Crippen molar-refractivity contribution in [3.63, 3.8) is 0 Å². The second-order valence-corrected chi connectivity index (χ2v) is 7.28. The molecule has 1 amide bonds. The van der Waals surface area contributed by atoms with Crippen LogP contribution in [0.15, 0.2) is 12.4 Å². The van der Waals surface area contributed by atoms with Crippen LogP contribution in [-0.4, -0.2) is 54.6 Å². The fourth-order valence-electron chi connectivity index (χ4n) is 2.78. The molecule has 0 aromatic carbocycles. The van der Waals surface area contributed by atoms with Crippen molar-refractivity contribution in [1.29, 1.82) is 0 Å². The molecule has 1 aromatic rings. The SMILES string of the molecule is Cc1cnc(C(=O)N2C[C@@H]3C(NS(C)(=O)=O)[C@@H]3C2)cn1. The second kappa shape index (κ2) is 4.49. The summed E-state index contributed by atoms with van der Waals surface area (Å²) in [6.45, 7) is 2.96. The molecule has 2 fully saturated rings. The molecule has 1 aliphatic heterocycles. The van der Waals surface area contributed by atoms with E-state index in [1.54, 1.807) is 11.1 Å². The molecule has 20 heavy (non-hydrogen) atoms. The average molecular weight is 296 g/mol. The average Bonchev–Trinajstić information content (AvgIpc) is 2.83. The van der Waals surface area contributed by atoms with Gasteiger partial charge in [-0.15, -0.1) is 0 Å². The number of aromatic nitrogens is 2. The van der Waals surface area contributed by atoms with E-state index in [9.17, 15) is 13.2 Å². The Kier molecular flexibility index (Phi) is 3.02. The standard InChI is InChI=1S/C12H16N4O3S/c1-7-3-14-10(4-13-7)12(17)16-5-8-9(6-16)11(8)15-20(2,18)19/h3-4,8-9,11,15H,5-6H2,1-2H3/t8-,9+,11?. The van der Waals surface area contributed by atoms with Gasteiger partial charge in [0.1, 0.15) is 5.69 Å². The van der Waals surface area contributed by atoms with E-state index < -0.39 is 10.0 Å². The zero-order valence-electron chi connectivity index (χ0n) is 11.3. The van der Waals surface area contributed by atoms with Crippen molar-refractivity contribution in [3.8, 4) is 0 Å². The van der Waals surface area contributed by atoms with Crippen LogP contribution in [0.1, 0.15) is 16.2 Å². The molecule has 0 spiro atoms. The number of amides is 1. The minimum absolute atomic E-state index is 0.0156. The molecule has 2 aliphatic rings. The van der Waals surface area contributed by atoms with Crippen molar-refractivity contribution in [1.82, 2.24) is 19.6 Å². The number of fused-ring (bicyclic) bond motifs is 1. The third-order valence-corrected chi connectivity index (χ3v) is 4.53. The number of carbonyl (C=O) groups is 1. The lowest BCUT2D eigenvalue weighted by Crippen LogP contribution is -2.37. The Labute approximate surface area is 117 Å². The summed E-state index contributed by atoms with van der Waals surface area (Å²) >= 11 is 0. The maximum absolute atomic E-state index is 12.2. The quantitative estimate of drug-likeness (QED) is 0.804. The molecule has 3 rings (SSSR count). The van der Waals surface area contributed by atoms with Gasteiger partial charge in [0, 0.05) is 25.3 Å². The van der Waals surface area contributed by atoms with E-state index in [1.165, 1.54) is 6.20 Å². The molecule has 3 atom stereocenters. The zero-order valence-corrected chi connectivity index (χ0v) is 12.1. The number of nitrogens with one attached hydrogen (secondary N) is 1. The molecular formula is C12H16N4O3S. The lowest BCUT2D eigenvalue weighted by atomic mass is 10.3. The van der Waals surface area contributed by atoms with Gasteiger partial charge in [-0.05, 0) is 18.8 Å². The normalized spacial score (nSPS) is 28.3. The highest BCUT2D eigenvalue weighted by molar-refractivity contribution is 7.88. The molecule has 7 nitrogen and oxygen atoms in total. The molecule has 0 bridgehead atoms. The first kappa shape index (κ1) is 13.4. The summed E-state index contributed by atoms with van der Waals surface area (Å²) in [6, 6.07) is -0.0156. The van der Waals surface area contributed by atoms with Crippen LogP contribution in [-0.2, 0) is 10.0 Å². The number of sulfonamides is 1. The number of nitrogens with zero attached hydrogens (tertiary/aromatic N) is 3. The summed E-state index contributed by atoms with van der Waals surface area (Å²) in [6.07, 6.45) is 4.21. The fraction of sp³-hybridized carbons (Fsp3) is 0.583. The Balaban J connectivity index is 1.61. The minimum Gasteiger partial charge on any atom is -0.337 e. The lowest BCUT2D eigenvalue weighted by molar-refractivity contribution is 0.0766. The summed E-state index contributed by atoms with van der Waals surface area (Å²) < 4.78 is 25.0. The van der Waals surface area contributed by atoms with Crippen LogP contribution in [0.3, 0.4) is 0 Å². The van der Waals surface area contributed by atoms with Gasteiger partial charge >= 0.3 is 0 Å². The third-order valence-electron chi connectivity index (χ3n) is 3.83. The van der Waals surface area contributed by atoms with Gasteiger partial charge in [0.15, 0.2) is 0 Å². The van der Waals surface area contributed by atoms with Crippen molar-refractivity contribution >= 4 is 15.9 Å². The van der Waals surface area contributed by atoms with E-state index in [0.29, 0.717) is 18.8 Å². The summed E-state index contributed by atoms with van der Waals surface area (Å²) in [5, 5.41) is 0. The number of hydrogen-bond donors (Lipinski definition) is 1. The molecule has 8 heteroatoms. The van der Waals surface area contributed by atoms with E-state index in [1.807, 2.05) is 6.92 Å². The van der Waals surface area contributed by atoms with Crippen LogP contribution in [0.4, 0.5) is 0 Å². The van der Waals surface area contributed by atoms with Crippen LogP contribution < -0.4 is 4.72 Å². The zero-order chi connectivity index (χ0) is 14.5. The highest BCUT2D eigenvalue weighted by Crippen LogP contribution is 2.46. The van der Waals surface area contributed by atoms with E-state index in [-0.39, 0.29) is 23.8 Å². The van der Waals surface area contributed by atoms with E-state index in [2.05, 4.69) is 14.7 Å². The van der Waals surface area contributed by atoms with Gasteiger partial charge in [-0.25, -0.2) is 18.1 Å². The molecule has 2 heterocycles. The van der Waals surface area contributed by atoms with Gasteiger partial charge in [-0.1, -0.05) is 0 Å². The summed E-state index contributed by atoms with van der Waals surface area (Å²) in [5.41, 5.74) is 1.10. The number of likely N-dealkylation sites (tertiary alicyclic amines) is 1. The van der Waals surface area contributed by atoms with Gasteiger partial charge in [0.2, 0.25) is 10.0 Å². The summed E-state index contributed by atoms with van der Waals surface area (Å²) in [4.78, 5) is 22.1. The van der Waals surface area contributed by atoms with E-state index in [0.717, 1.165) is 11.9 Å². The third kappa shape index (κ3) is 2.53. The van der Waals surface area contributed by atoms with Gasteiger partial charge in [-0.3, -0.25) is 9.78 Å². The van der Waals surface area contributed by atoms with Crippen LogP contribution in [0.2, 0.25) is 0 Å². The number of aryl methyl sites for hydroxylation is 1. The number of rotatable bonds is 3. The highest BCUT2D eigenvalue weighted by atomic mass is 32.2. The Hall–Kier alpha value is -1.54. The largest absolute Gasteiger partial charge is 0.337 e. The van der Waals surface area contributed by atoms with Crippen LogP contribution >= 0.6 is 0 Å². The predicted octanol–water partition coefficient (Wildman–Crippen LogP) is -0.595. The van der Waals surface area contributed by atoms with Crippen molar-refractivity contribution in [2.24, 2.45) is 11.8 Å². The van der Waals surface area contributed by atoms with Crippen molar-refractivity contribution in [2.45, 2.75) is 13.0 Å². The Morgan fingerprint density at radius 2 is 1.95 bits per heavy atom. The first-order valence-electron chi connectivity index (χ1n) is 6.40. The Morgan fingerprint density at radius 1 is 1.30 bits per heavy atom. The predicted molar refractivity (Wildman–Crippen MR) is 71.4 cm³/mol. The number of carbonyl (C=O) groups excluding carboxylic acids is 1. The topological polar surface area (TPSA) is 92.3 Å². The van der Waals surface area contributed by atoms with Crippen LogP contribution in [0.5, 0.6) is 0 Å². The number of piperidine rings is 1. The van der Waals surface area contributed by atoms with Crippen molar-refractivity contribution < 1.29 is 13.2 Å². The first-order valence-corrected chi connectivity index (χ1v) is 8.29. The minimum atomic E-state index is -3.17. The molecule has 1 aliphatic carbocycles. The van der Waals surface area contributed by atoms with E-state index in [4.69, 9.17) is 0 Å².